The van der Waals surface area contributed by atoms with Gasteiger partial charge in [-0.2, -0.15) is 13.2 Å². The van der Waals surface area contributed by atoms with E-state index in [4.69, 9.17) is 34.8 Å². The van der Waals surface area contributed by atoms with E-state index in [0.29, 0.717) is 0 Å². The lowest BCUT2D eigenvalue weighted by Crippen LogP contribution is -2.20. The number of alkyl halides is 3. The van der Waals surface area contributed by atoms with Crippen LogP contribution in [0.4, 0.5) is 13.2 Å². The summed E-state index contributed by atoms with van der Waals surface area (Å²) in [6.45, 7) is 0. The fraction of sp³-hybridized carbons (Fsp3) is 0.0833. The zero-order valence-electron chi connectivity index (χ0n) is 9.49. The smallest absolute Gasteiger partial charge is 0.360 e. The van der Waals surface area contributed by atoms with Gasteiger partial charge in [-0.25, -0.2) is 0 Å². The number of halogens is 6. The predicted molar refractivity (Wildman–Crippen MR) is 72.5 cm³/mol. The van der Waals surface area contributed by atoms with Crippen LogP contribution in [0.25, 0.3) is 11.3 Å². The fourth-order valence-electron chi connectivity index (χ4n) is 1.71. The first-order valence-corrected chi connectivity index (χ1v) is 6.29. The molecule has 0 amide bonds. The normalized spacial score (nSPS) is 11.7. The van der Waals surface area contributed by atoms with Gasteiger partial charge in [0.2, 0.25) is 0 Å². The quantitative estimate of drug-likeness (QED) is 0.725. The van der Waals surface area contributed by atoms with Gasteiger partial charge in [-0.05, 0) is 12.1 Å². The second-order valence-corrected chi connectivity index (χ2v) is 5.06. The molecule has 1 aromatic carbocycles. The van der Waals surface area contributed by atoms with Crippen molar-refractivity contribution in [3.05, 3.63) is 55.3 Å². The zero-order chi connectivity index (χ0) is 15.1. The highest BCUT2D eigenvalue weighted by molar-refractivity contribution is 6.45. The number of aromatic nitrogens is 1. The van der Waals surface area contributed by atoms with Crippen molar-refractivity contribution in [3.8, 4) is 11.3 Å². The molecule has 1 heterocycles. The van der Waals surface area contributed by atoms with E-state index in [1.807, 2.05) is 0 Å². The van der Waals surface area contributed by atoms with Gasteiger partial charge in [-0.3, -0.25) is 4.79 Å². The van der Waals surface area contributed by atoms with Crippen molar-refractivity contribution in [2.24, 2.45) is 0 Å². The Morgan fingerprint density at radius 2 is 1.75 bits per heavy atom. The van der Waals surface area contributed by atoms with E-state index in [2.05, 4.69) is 4.98 Å². The largest absolute Gasteiger partial charge is 0.422 e. The minimum atomic E-state index is -4.83. The third-order valence-electron chi connectivity index (χ3n) is 2.50. The van der Waals surface area contributed by atoms with Crippen LogP contribution in [-0.4, -0.2) is 4.98 Å². The van der Waals surface area contributed by atoms with Crippen LogP contribution in [-0.2, 0) is 6.18 Å². The first-order chi connectivity index (χ1) is 9.21. The summed E-state index contributed by atoms with van der Waals surface area (Å²) < 4.78 is 39.0. The number of hydrogen-bond donors (Lipinski definition) is 1. The second kappa shape index (κ2) is 5.31. The highest BCUT2D eigenvalue weighted by Crippen LogP contribution is 2.40. The Hall–Kier alpha value is -1.17. The van der Waals surface area contributed by atoms with Gasteiger partial charge >= 0.3 is 6.18 Å². The number of hydrogen-bond acceptors (Lipinski definition) is 1. The van der Waals surface area contributed by atoms with Crippen molar-refractivity contribution in [2.45, 2.75) is 6.18 Å². The van der Waals surface area contributed by atoms with Crippen LogP contribution in [0, 0.1) is 0 Å². The lowest BCUT2D eigenvalue weighted by Gasteiger charge is -2.13. The minimum absolute atomic E-state index is 0.00741. The van der Waals surface area contributed by atoms with Crippen molar-refractivity contribution in [3.63, 3.8) is 0 Å². The Bertz CT molecular complexity index is 725. The molecular formula is C12H5Cl3F3NO. The van der Waals surface area contributed by atoms with Gasteiger partial charge < -0.3 is 4.98 Å². The first kappa shape index (κ1) is 15.2. The molecule has 20 heavy (non-hydrogen) atoms. The molecule has 1 aromatic heterocycles. The lowest BCUT2D eigenvalue weighted by molar-refractivity contribution is -0.138. The average Bonchev–Trinajstić information content (AvgIpc) is 2.31. The number of aromatic amines is 1. The molecule has 0 aliphatic rings. The van der Waals surface area contributed by atoms with E-state index in [1.54, 1.807) is 0 Å². The van der Waals surface area contributed by atoms with E-state index in [9.17, 15) is 18.0 Å². The third-order valence-corrected chi connectivity index (χ3v) is 3.52. The number of benzene rings is 1. The molecule has 0 aliphatic carbocycles. The van der Waals surface area contributed by atoms with Gasteiger partial charge in [0, 0.05) is 22.8 Å². The van der Waals surface area contributed by atoms with E-state index in [0.717, 1.165) is 12.3 Å². The fourth-order valence-corrected chi connectivity index (χ4v) is 2.41. The summed E-state index contributed by atoms with van der Waals surface area (Å²) in [7, 11) is 0. The van der Waals surface area contributed by atoms with Crippen LogP contribution >= 0.6 is 34.8 Å². The summed E-state index contributed by atoms with van der Waals surface area (Å²) in [5, 5.41) is -0.0253. The average molecular weight is 343 g/mol. The van der Waals surface area contributed by atoms with Gasteiger partial charge in [0.05, 0.1) is 15.7 Å². The molecule has 0 saturated heterocycles. The van der Waals surface area contributed by atoms with Gasteiger partial charge in [-0.1, -0.05) is 34.8 Å². The number of pyridine rings is 1. The van der Waals surface area contributed by atoms with Gasteiger partial charge in [0.15, 0.2) is 5.43 Å². The lowest BCUT2D eigenvalue weighted by atomic mass is 10.0. The molecule has 0 spiro atoms. The highest BCUT2D eigenvalue weighted by Gasteiger charge is 2.37. The molecule has 0 atom stereocenters. The number of H-pyrrole nitrogens is 1. The van der Waals surface area contributed by atoms with E-state index < -0.39 is 22.9 Å². The topological polar surface area (TPSA) is 32.9 Å². The molecule has 1 N–H and O–H groups in total. The minimum Gasteiger partial charge on any atom is -0.360 e. The Morgan fingerprint density at radius 3 is 2.35 bits per heavy atom. The summed E-state index contributed by atoms with van der Waals surface area (Å²) in [6, 6.07) is 3.28. The van der Waals surface area contributed by atoms with E-state index in [-0.39, 0.29) is 20.6 Å². The molecular weight excluding hydrogens is 337 g/mol. The summed E-state index contributed by atoms with van der Waals surface area (Å²) in [4.78, 5) is 13.9. The molecule has 0 bridgehead atoms. The van der Waals surface area contributed by atoms with Crippen molar-refractivity contribution >= 4 is 34.8 Å². The SMILES string of the molecule is O=c1cc[nH]c(-c2cc(Cl)cc(Cl)c2Cl)c1C(F)(F)F. The summed E-state index contributed by atoms with van der Waals surface area (Å²) >= 11 is 17.4. The molecule has 0 radical (unpaired) electrons. The summed E-state index contributed by atoms with van der Waals surface area (Å²) in [5.41, 5.74) is -3.08. The predicted octanol–water partition coefficient (Wildman–Crippen LogP) is 5.02. The van der Waals surface area contributed by atoms with Crippen LogP contribution in [0.5, 0.6) is 0 Å². The molecule has 2 aromatic rings. The van der Waals surface area contributed by atoms with E-state index in [1.165, 1.54) is 12.1 Å². The van der Waals surface area contributed by atoms with Crippen LogP contribution in [0.15, 0.2) is 29.2 Å². The summed E-state index contributed by atoms with van der Waals surface area (Å²) in [6.07, 6.45) is -3.74. The highest BCUT2D eigenvalue weighted by atomic mass is 35.5. The molecule has 0 aliphatic heterocycles. The zero-order valence-corrected chi connectivity index (χ0v) is 11.8. The molecule has 0 fully saturated rings. The number of rotatable bonds is 1. The maximum absolute atomic E-state index is 13.0. The van der Waals surface area contributed by atoms with Crippen LogP contribution in [0.2, 0.25) is 15.1 Å². The molecule has 2 nitrogen and oxygen atoms in total. The molecule has 106 valence electrons. The standard InChI is InChI=1S/C12H5Cl3F3NO/c13-5-3-6(10(15)7(14)4-5)11-9(12(16,17)18)8(20)1-2-19-11/h1-4H,(H,19,20). The Labute approximate surface area is 126 Å². The molecule has 8 heteroatoms. The Kier molecular flexibility index (Phi) is 4.04. The first-order valence-electron chi connectivity index (χ1n) is 5.15. The Balaban J connectivity index is 2.85. The van der Waals surface area contributed by atoms with Crippen molar-refractivity contribution in [1.29, 1.82) is 0 Å². The van der Waals surface area contributed by atoms with Gasteiger partial charge in [-0.15, -0.1) is 0 Å². The van der Waals surface area contributed by atoms with Crippen molar-refractivity contribution in [1.82, 2.24) is 4.98 Å². The molecule has 0 saturated carbocycles. The van der Waals surface area contributed by atoms with Crippen LogP contribution in [0.3, 0.4) is 0 Å². The maximum Gasteiger partial charge on any atom is 0.422 e. The van der Waals surface area contributed by atoms with Gasteiger partial charge in [0.1, 0.15) is 5.56 Å². The molecule has 2 rings (SSSR count). The summed E-state index contributed by atoms with van der Waals surface area (Å²) in [5.74, 6) is 0. The van der Waals surface area contributed by atoms with Crippen molar-refractivity contribution in [2.75, 3.05) is 0 Å². The molecule has 0 unspecified atom stereocenters. The third kappa shape index (κ3) is 2.80. The van der Waals surface area contributed by atoms with Crippen LogP contribution < -0.4 is 5.43 Å². The monoisotopic (exact) mass is 341 g/mol. The van der Waals surface area contributed by atoms with Gasteiger partial charge in [0.25, 0.3) is 0 Å². The van der Waals surface area contributed by atoms with E-state index >= 15 is 0 Å². The maximum atomic E-state index is 13.0. The Morgan fingerprint density at radius 1 is 1.10 bits per heavy atom. The van der Waals surface area contributed by atoms with Crippen molar-refractivity contribution < 1.29 is 13.2 Å². The second-order valence-electron chi connectivity index (χ2n) is 3.84. The van der Waals surface area contributed by atoms with Crippen LogP contribution in [0.1, 0.15) is 5.56 Å². The number of nitrogens with one attached hydrogen (secondary N) is 1.